The van der Waals surface area contributed by atoms with Gasteiger partial charge in [0.25, 0.3) is 0 Å². The Morgan fingerprint density at radius 2 is 1.95 bits per heavy atom. The van der Waals surface area contributed by atoms with E-state index in [4.69, 9.17) is 4.42 Å². The van der Waals surface area contributed by atoms with Crippen LogP contribution in [-0.2, 0) is 4.79 Å². The van der Waals surface area contributed by atoms with Gasteiger partial charge in [-0.3, -0.25) is 9.78 Å². The number of pyridine rings is 1. The van der Waals surface area contributed by atoms with Crippen molar-refractivity contribution in [1.82, 2.24) is 25.3 Å². The number of anilines is 5. The van der Waals surface area contributed by atoms with E-state index in [1.54, 1.807) is 47.6 Å². The minimum Gasteiger partial charge on any atom is -0.408 e. The smallest absolute Gasteiger partial charge is 0.408 e. The van der Waals surface area contributed by atoms with E-state index in [1.807, 2.05) is 12.2 Å². The molecule has 0 radical (unpaired) electrons. The summed E-state index contributed by atoms with van der Waals surface area (Å²) in [5.41, 5.74) is 3.10. The number of rotatable bonds is 6. The predicted octanol–water partition coefficient (Wildman–Crippen LogP) is 3.36. The summed E-state index contributed by atoms with van der Waals surface area (Å²) in [4.78, 5) is 40.1. The number of nitrogens with zero attached hydrogens (tertiary/aromatic N) is 4. The van der Waals surface area contributed by atoms with Crippen LogP contribution in [0, 0.1) is 6.92 Å². The monoisotopic (exact) mass is 514 g/mol. The third kappa shape index (κ3) is 5.47. The molecule has 1 atom stereocenters. The Hall–Kier alpha value is -4.62. The number of amides is 1. The second-order valence-electron chi connectivity index (χ2n) is 8.51. The van der Waals surface area contributed by atoms with Gasteiger partial charge in [-0.1, -0.05) is 0 Å². The molecule has 0 saturated carbocycles. The Labute approximate surface area is 207 Å². The normalized spacial score (nSPS) is 15.7. The van der Waals surface area contributed by atoms with Crippen molar-refractivity contribution < 1.29 is 22.4 Å². The van der Waals surface area contributed by atoms with Crippen LogP contribution in [0.1, 0.15) is 12.0 Å². The number of H-pyrrole nitrogens is 1. The molecule has 4 heterocycles. The second-order valence-corrected chi connectivity index (χ2v) is 8.51. The van der Waals surface area contributed by atoms with Gasteiger partial charge in [-0.05, 0) is 43.7 Å². The Morgan fingerprint density at radius 3 is 2.70 bits per heavy atom. The molecule has 0 bridgehead atoms. The molecule has 3 aromatic heterocycles. The number of hydrogen-bond donors (Lipinski definition) is 4. The first-order valence-corrected chi connectivity index (χ1v) is 11.2. The molecular formula is C23H21F3N8O3. The van der Waals surface area contributed by atoms with Crippen molar-refractivity contribution in [3.8, 4) is 0 Å². The molecule has 4 aromatic rings. The standard InChI is InChI=1S/C23H21F3N8O3/c1-12-9-28-21(33-19(12)29-13-2-4-17-16(8-13)32-22(36)37-17)31-14-3-5-18(27-10-14)34-7-6-15(11-34)30-20(35)23(24,25)26/h2-5,8-10,15H,6-7,11H2,1H3,(H,30,35)(H,32,36)(H2,28,29,31,33). The van der Waals surface area contributed by atoms with Crippen LogP contribution in [0.2, 0.25) is 0 Å². The van der Waals surface area contributed by atoms with E-state index >= 15 is 0 Å². The van der Waals surface area contributed by atoms with Crippen molar-refractivity contribution in [2.24, 2.45) is 0 Å². The predicted molar refractivity (Wildman–Crippen MR) is 129 cm³/mol. The number of nitrogens with one attached hydrogen (secondary N) is 4. The van der Waals surface area contributed by atoms with E-state index in [1.165, 1.54) is 0 Å². The zero-order chi connectivity index (χ0) is 26.2. The highest BCUT2D eigenvalue weighted by molar-refractivity contribution is 5.82. The van der Waals surface area contributed by atoms with Crippen LogP contribution in [-0.4, -0.2) is 51.2 Å². The number of aromatic amines is 1. The summed E-state index contributed by atoms with van der Waals surface area (Å²) >= 11 is 0. The molecule has 1 aromatic carbocycles. The van der Waals surface area contributed by atoms with Crippen LogP contribution in [0.3, 0.4) is 0 Å². The molecule has 1 aliphatic heterocycles. The highest BCUT2D eigenvalue weighted by atomic mass is 19.4. The van der Waals surface area contributed by atoms with Crippen molar-refractivity contribution in [2.45, 2.75) is 25.6 Å². The summed E-state index contributed by atoms with van der Waals surface area (Å²) in [6, 6.07) is 8.04. The lowest BCUT2D eigenvalue weighted by molar-refractivity contribution is -0.174. The summed E-state index contributed by atoms with van der Waals surface area (Å²) in [6.07, 6.45) is -1.30. The molecule has 1 saturated heterocycles. The summed E-state index contributed by atoms with van der Waals surface area (Å²) in [5.74, 6) is -1.02. The largest absolute Gasteiger partial charge is 0.471 e. The highest BCUT2D eigenvalue weighted by Crippen LogP contribution is 2.25. The van der Waals surface area contributed by atoms with Crippen molar-refractivity contribution in [3.63, 3.8) is 0 Å². The first-order chi connectivity index (χ1) is 17.6. The van der Waals surface area contributed by atoms with Gasteiger partial charge in [0.15, 0.2) is 5.58 Å². The average Bonchev–Trinajstić information content (AvgIpc) is 3.46. The van der Waals surface area contributed by atoms with Crippen molar-refractivity contribution in [3.05, 3.63) is 58.8 Å². The average molecular weight is 514 g/mol. The van der Waals surface area contributed by atoms with E-state index in [9.17, 15) is 22.8 Å². The third-order valence-electron chi connectivity index (χ3n) is 5.76. The number of fused-ring (bicyclic) bond motifs is 1. The molecule has 1 fully saturated rings. The van der Waals surface area contributed by atoms with Gasteiger partial charge in [-0.25, -0.2) is 14.8 Å². The highest BCUT2D eigenvalue weighted by Gasteiger charge is 2.40. The Bertz CT molecular complexity index is 1500. The van der Waals surface area contributed by atoms with E-state index in [0.717, 1.165) is 5.56 Å². The molecule has 1 amide bonds. The summed E-state index contributed by atoms with van der Waals surface area (Å²) < 4.78 is 42.5. The SMILES string of the molecule is Cc1cnc(Nc2ccc(N3CCC(NC(=O)C(F)(F)F)C3)nc2)nc1Nc1ccc2oc(=O)[nH]c2c1. The lowest BCUT2D eigenvalue weighted by Gasteiger charge is -2.18. The lowest BCUT2D eigenvalue weighted by atomic mass is 10.2. The first kappa shape index (κ1) is 24.1. The molecule has 4 N–H and O–H groups in total. The summed E-state index contributed by atoms with van der Waals surface area (Å²) in [5, 5.41) is 8.28. The number of benzene rings is 1. The van der Waals surface area contributed by atoms with Gasteiger partial charge < -0.3 is 25.3 Å². The second kappa shape index (κ2) is 9.44. The van der Waals surface area contributed by atoms with Gasteiger partial charge in [0.2, 0.25) is 5.95 Å². The van der Waals surface area contributed by atoms with Crippen LogP contribution in [0.15, 0.2) is 51.9 Å². The Kier molecular flexibility index (Phi) is 6.15. The number of aryl methyl sites for hydroxylation is 1. The molecule has 5 rings (SSSR count). The molecule has 1 unspecified atom stereocenters. The molecular weight excluding hydrogens is 493 g/mol. The van der Waals surface area contributed by atoms with Crippen molar-refractivity contribution >= 4 is 46.0 Å². The maximum absolute atomic E-state index is 12.5. The van der Waals surface area contributed by atoms with Gasteiger partial charge in [0.1, 0.15) is 11.6 Å². The van der Waals surface area contributed by atoms with Crippen molar-refractivity contribution in [2.75, 3.05) is 28.6 Å². The van der Waals surface area contributed by atoms with Crippen LogP contribution in [0.5, 0.6) is 0 Å². The minimum atomic E-state index is -4.90. The number of halogens is 3. The van der Waals surface area contributed by atoms with Gasteiger partial charge in [0.05, 0.1) is 17.4 Å². The number of aromatic nitrogens is 4. The molecule has 14 heteroatoms. The Morgan fingerprint density at radius 1 is 1.14 bits per heavy atom. The molecule has 0 spiro atoms. The molecule has 1 aliphatic rings. The van der Waals surface area contributed by atoms with Gasteiger partial charge in [-0.15, -0.1) is 0 Å². The van der Waals surface area contributed by atoms with Gasteiger partial charge >= 0.3 is 17.8 Å². The van der Waals surface area contributed by atoms with Gasteiger partial charge in [-0.2, -0.15) is 18.2 Å². The maximum Gasteiger partial charge on any atom is 0.471 e. The van der Waals surface area contributed by atoms with Crippen LogP contribution in [0.25, 0.3) is 11.1 Å². The number of carbonyl (C=O) groups is 1. The fourth-order valence-corrected chi connectivity index (χ4v) is 3.92. The molecule has 37 heavy (non-hydrogen) atoms. The quantitative estimate of drug-likeness (QED) is 0.305. The van der Waals surface area contributed by atoms with Crippen LogP contribution >= 0.6 is 0 Å². The molecule has 0 aliphatic carbocycles. The van der Waals surface area contributed by atoms with E-state index in [2.05, 4.69) is 30.6 Å². The minimum absolute atomic E-state index is 0.232. The first-order valence-electron chi connectivity index (χ1n) is 11.2. The third-order valence-corrected chi connectivity index (χ3v) is 5.76. The Balaban J connectivity index is 1.23. The van der Waals surface area contributed by atoms with E-state index in [0.29, 0.717) is 53.0 Å². The fraction of sp³-hybridized carbons (Fsp3) is 0.261. The van der Waals surface area contributed by atoms with E-state index < -0.39 is 23.9 Å². The zero-order valence-corrected chi connectivity index (χ0v) is 19.4. The fourth-order valence-electron chi connectivity index (χ4n) is 3.92. The number of alkyl halides is 3. The summed E-state index contributed by atoms with van der Waals surface area (Å²) in [7, 11) is 0. The number of oxazole rings is 1. The summed E-state index contributed by atoms with van der Waals surface area (Å²) in [6.45, 7) is 2.55. The lowest BCUT2D eigenvalue weighted by Crippen LogP contribution is -2.44. The topological polar surface area (TPSA) is 141 Å². The van der Waals surface area contributed by atoms with Crippen LogP contribution in [0.4, 0.5) is 42.1 Å². The maximum atomic E-state index is 12.5. The number of carbonyl (C=O) groups excluding carboxylic acids is 1. The van der Waals surface area contributed by atoms with Gasteiger partial charge in [0, 0.05) is 36.6 Å². The zero-order valence-electron chi connectivity index (χ0n) is 19.4. The molecule has 192 valence electrons. The van der Waals surface area contributed by atoms with Crippen LogP contribution < -0.4 is 26.6 Å². The van der Waals surface area contributed by atoms with Crippen molar-refractivity contribution in [1.29, 1.82) is 0 Å². The molecule has 11 nitrogen and oxygen atoms in total. The number of hydrogen-bond acceptors (Lipinski definition) is 9. The van der Waals surface area contributed by atoms with E-state index in [-0.39, 0.29) is 6.54 Å².